The summed E-state index contributed by atoms with van der Waals surface area (Å²) in [6.07, 6.45) is 4.54. The van der Waals surface area contributed by atoms with Crippen LogP contribution in [0.5, 0.6) is 0 Å². The van der Waals surface area contributed by atoms with Crippen LogP contribution in [0.2, 0.25) is 5.02 Å². The molecule has 1 fully saturated rings. The molecule has 2 rings (SSSR count). The maximum absolute atomic E-state index is 6.43. The highest BCUT2D eigenvalue weighted by Crippen LogP contribution is 2.38. The van der Waals surface area contributed by atoms with Crippen molar-refractivity contribution < 1.29 is 0 Å². The molecule has 0 heterocycles. The Morgan fingerprint density at radius 2 is 1.94 bits per heavy atom. The average molecular weight is 236 g/mol. The third-order valence-corrected chi connectivity index (χ3v) is 3.68. The van der Waals surface area contributed by atoms with E-state index in [-0.39, 0.29) is 5.54 Å². The summed E-state index contributed by atoms with van der Waals surface area (Å²) in [4.78, 5) is 0. The minimum Gasteiger partial charge on any atom is -0.321 e. The van der Waals surface area contributed by atoms with Crippen LogP contribution in [-0.2, 0) is 5.54 Å². The molecule has 1 nitrogen and oxygen atoms in total. The molecule has 16 heavy (non-hydrogen) atoms. The van der Waals surface area contributed by atoms with Gasteiger partial charge in [0.05, 0.1) is 0 Å². The topological polar surface area (TPSA) is 26.0 Å². The lowest BCUT2D eigenvalue weighted by atomic mass is 9.88. The second kappa shape index (κ2) is 4.23. The molecule has 0 radical (unpaired) electrons. The fraction of sp³-hybridized carbons (Fsp3) is 0.429. The number of hydrogen-bond donors (Lipinski definition) is 1. The third kappa shape index (κ3) is 2.16. The predicted molar refractivity (Wildman–Crippen MR) is 70.5 cm³/mol. The van der Waals surface area contributed by atoms with Crippen molar-refractivity contribution in [3.05, 3.63) is 40.9 Å². The number of rotatable bonds is 2. The normalized spacial score (nSPS) is 18.7. The minimum absolute atomic E-state index is 0.172. The van der Waals surface area contributed by atoms with E-state index in [1.54, 1.807) is 0 Å². The van der Waals surface area contributed by atoms with E-state index in [2.05, 4.69) is 12.6 Å². The second-order valence-corrected chi connectivity index (χ2v) is 5.31. The lowest BCUT2D eigenvalue weighted by molar-refractivity contribution is 0.461. The molecule has 0 amide bonds. The SMILES string of the molecule is C=C(C)c1cc(Cl)cc(C2(N)CCCC2)c1. The first-order valence-corrected chi connectivity index (χ1v) is 6.15. The predicted octanol–water partition coefficient (Wildman–Crippen LogP) is 4.10. The van der Waals surface area contributed by atoms with Crippen LogP contribution in [0.4, 0.5) is 0 Å². The highest BCUT2D eigenvalue weighted by molar-refractivity contribution is 6.30. The Hall–Kier alpha value is -0.790. The largest absolute Gasteiger partial charge is 0.321 e. The molecule has 0 saturated heterocycles. The van der Waals surface area contributed by atoms with E-state index < -0.39 is 0 Å². The van der Waals surface area contributed by atoms with E-state index in [0.29, 0.717) is 0 Å². The van der Waals surface area contributed by atoms with E-state index in [1.807, 2.05) is 19.1 Å². The molecule has 0 unspecified atom stereocenters. The molecule has 1 aromatic rings. The van der Waals surface area contributed by atoms with E-state index in [0.717, 1.165) is 34.6 Å². The molecular weight excluding hydrogens is 218 g/mol. The van der Waals surface area contributed by atoms with Gasteiger partial charge in [-0.3, -0.25) is 0 Å². The number of benzene rings is 1. The van der Waals surface area contributed by atoms with Gasteiger partial charge in [-0.15, -0.1) is 0 Å². The molecular formula is C14H18ClN. The van der Waals surface area contributed by atoms with Crippen LogP contribution in [0.15, 0.2) is 24.8 Å². The van der Waals surface area contributed by atoms with Gasteiger partial charge < -0.3 is 5.73 Å². The van der Waals surface area contributed by atoms with Gasteiger partial charge >= 0.3 is 0 Å². The van der Waals surface area contributed by atoms with Gasteiger partial charge in [0, 0.05) is 10.6 Å². The fourth-order valence-electron chi connectivity index (χ4n) is 2.42. The van der Waals surface area contributed by atoms with Crippen LogP contribution < -0.4 is 5.73 Å². The van der Waals surface area contributed by atoms with Gasteiger partial charge in [-0.05, 0) is 49.1 Å². The first-order chi connectivity index (χ1) is 7.51. The maximum atomic E-state index is 6.43. The van der Waals surface area contributed by atoms with Crippen molar-refractivity contribution in [1.82, 2.24) is 0 Å². The van der Waals surface area contributed by atoms with Gasteiger partial charge in [0.2, 0.25) is 0 Å². The first-order valence-electron chi connectivity index (χ1n) is 5.77. The van der Waals surface area contributed by atoms with Crippen LogP contribution in [0.25, 0.3) is 5.57 Å². The maximum Gasteiger partial charge on any atom is 0.0415 e. The van der Waals surface area contributed by atoms with Gasteiger partial charge in [0.15, 0.2) is 0 Å². The summed E-state index contributed by atoms with van der Waals surface area (Å²) in [5, 5.41) is 0.757. The van der Waals surface area contributed by atoms with Crippen LogP contribution in [0, 0.1) is 0 Å². The van der Waals surface area contributed by atoms with Crippen molar-refractivity contribution in [2.75, 3.05) is 0 Å². The molecule has 0 spiro atoms. The molecule has 0 aromatic heterocycles. The number of halogens is 1. The van der Waals surface area contributed by atoms with Gasteiger partial charge in [0.1, 0.15) is 0 Å². The number of hydrogen-bond acceptors (Lipinski definition) is 1. The quantitative estimate of drug-likeness (QED) is 0.821. The van der Waals surface area contributed by atoms with Crippen molar-refractivity contribution in [3.63, 3.8) is 0 Å². The molecule has 1 saturated carbocycles. The molecule has 1 aliphatic rings. The van der Waals surface area contributed by atoms with Crippen LogP contribution >= 0.6 is 11.6 Å². The Kier molecular flexibility index (Phi) is 3.09. The third-order valence-electron chi connectivity index (χ3n) is 3.46. The zero-order chi connectivity index (χ0) is 11.8. The Balaban J connectivity index is 2.44. The average Bonchev–Trinajstić information content (AvgIpc) is 2.65. The van der Waals surface area contributed by atoms with Crippen molar-refractivity contribution in [2.24, 2.45) is 5.73 Å². The highest BCUT2D eigenvalue weighted by atomic mass is 35.5. The number of nitrogens with two attached hydrogens (primary N) is 1. The summed E-state index contributed by atoms with van der Waals surface area (Å²) in [6.45, 7) is 5.95. The zero-order valence-corrected chi connectivity index (χ0v) is 10.5. The summed E-state index contributed by atoms with van der Waals surface area (Å²) in [6, 6.07) is 6.09. The van der Waals surface area contributed by atoms with Crippen LogP contribution in [0.1, 0.15) is 43.7 Å². The second-order valence-electron chi connectivity index (χ2n) is 4.87. The molecule has 86 valence electrons. The van der Waals surface area contributed by atoms with E-state index >= 15 is 0 Å². The van der Waals surface area contributed by atoms with E-state index in [4.69, 9.17) is 17.3 Å². The van der Waals surface area contributed by atoms with Gasteiger partial charge in [-0.2, -0.15) is 0 Å². The molecule has 0 aliphatic heterocycles. The lowest BCUT2D eigenvalue weighted by Gasteiger charge is -2.25. The minimum atomic E-state index is -0.172. The van der Waals surface area contributed by atoms with Crippen LogP contribution in [-0.4, -0.2) is 0 Å². The monoisotopic (exact) mass is 235 g/mol. The summed E-state index contributed by atoms with van der Waals surface area (Å²) in [5.74, 6) is 0. The standard InChI is InChI=1S/C14H18ClN/c1-10(2)11-7-12(9-13(15)8-11)14(16)5-3-4-6-14/h7-9H,1,3-6,16H2,2H3. The Morgan fingerprint density at radius 3 is 2.50 bits per heavy atom. The summed E-state index contributed by atoms with van der Waals surface area (Å²) < 4.78 is 0. The summed E-state index contributed by atoms with van der Waals surface area (Å²) >= 11 is 6.14. The molecule has 0 atom stereocenters. The Morgan fingerprint density at radius 1 is 1.31 bits per heavy atom. The van der Waals surface area contributed by atoms with E-state index in [1.165, 1.54) is 12.8 Å². The first kappa shape index (κ1) is 11.7. The highest BCUT2D eigenvalue weighted by Gasteiger charge is 2.31. The Labute approximate surface area is 102 Å². The summed E-state index contributed by atoms with van der Waals surface area (Å²) in [5.41, 5.74) is 9.55. The molecule has 0 bridgehead atoms. The van der Waals surface area contributed by atoms with Crippen LogP contribution in [0.3, 0.4) is 0 Å². The lowest BCUT2D eigenvalue weighted by Crippen LogP contribution is -2.33. The number of allylic oxidation sites excluding steroid dienone is 1. The van der Waals surface area contributed by atoms with Gasteiger partial charge in [0.25, 0.3) is 0 Å². The molecule has 1 aromatic carbocycles. The van der Waals surface area contributed by atoms with Gasteiger partial charge in [-0.1, -0.05) is 36.6 Å². The Bertz CT molecular complexity index is 417. The van der Waals surface area contributed by atoms with E-state index in [9.17, 15) is 0 Å². The molecule has 2 heteroatoms. The zero-order valence-electron chi connectivity index (χ0n) is 9.72. The fourth-order valence-corrected chi connectivity index (χ4v) is 2.65. The molecule has 2 N–H and O–H groups in total. The molecule has 1 aliphatic carbocycles. The smallest absolute Gasteiger partial charge is 0.0415 e. The van der Waals surface area contributed by atoms with Crippen molar-refractivity contribution in [2.45, 2.75) is 38.1 Å². The van der Waals surface area contributed by atoms with Crippen molar-refractivity contribution in [1.29, 1.82) is 0 Å². The summed E-state index contributed by atoms with van der Waals surface area (Å²) in [7, 11) is 0. The van der Waals surface area contributed by atoms with Crippen molar-refractivity contribution in [3.8, 4) is 0 Å². The van der Waals surface area contributed by atoms with Crippen molar-refractivity contribution >= 4 is 17.2 Å². The van der Waals surface area contributed by atoms with Gasteiger partial charge in [-0.25, -0.2) is 0 Å².